The van der Waals surface area contributed by atoms with Gasteiger partial charge in [-0.3, -0.25) is 9.52 Å². The molecule has 12 heteroatoms. The van der Waals surface area contributed by atoms with E-state index in [9.17, 15) is 18.0 Å². The highest BCUT2D eigenvalue weighted by molar-refractivity contribution is 7.93. The lowest BCUT2D eigenvalue weighted by Crippen LogP contribution is -2.50. The average molecular weight is 624 g/mol. The Kier molecular flexibility index (Phi) is 7.40. The number of nitrogens with zero attached hydrogens (tertiary/aromatic N) is 4. The summed E-state index contributed by atoms with van der Waals surface area (Å²) in [5.41, 5.74) is 3.50. The molecule has 0 aliphatic carbocycles. The van der Waals surface area contributed by atoms with Gasteiger partial charge in [-0.2, -0.15) is 0 Å². The number of hydrogen-bond acceptors (Lipinski definition) is 8. The van der Waals surface area contributed by atoms with Gasteiger partial charge in [0.05, 0.1) is 4.90 Å². The van der Waals surface area contributed by atoms with E-state index >= 15 is 0 Å². The maximum Gasteiger partial charge on any atom is 0.410 e. The molecule has 3 aliphatic heterocycles. The smallest absolute Gasteiger partial charge is 0.410 e. The van der Waals surface area contributed by atoms with Crippen LogP contribution in [0.3, 0.4) is 0 Å². The van der Waals surface area contributed by atoms with Gasteiger partial charge >= 0.3 is 6.09 Å². The number of fused-ring (bicyclic) bond motifs is 2. The zero-order chi connectivity index (χ0) is 30.6. The fraction of sp³-hybridized carbons (Fsp3) is 0.452. The van der Waals surface area contributed by atoms with Crippen molar-refractivity contribution >= 4 is 49.9 Å². The minimum absolute atomic E-state index is 0.00582. The molecule has 3 aromatic rings. The van der Waals surface area contributed by atoms with Crippen molar-refractivity contribution in [3.63, 3.8) is 0 Å². The number of nitrogens with one attached hydrogen (secondary N) is 1. The Morgan fingerprint density at radius 2 is 1.81 bits per heavy atom. The van der Waals surface area contributed by atoms with Crippen LogP contribution in [0, 0.1) is 6.92 Å². The predicted octanol–water partition coefficient (Wildman–Crippen LogP) is 5.15. The Balaban J connectivity index is 1.18. The van der Waals surface area contributed by atoms with Crippen LogP contribution in [-0.2, 0) is 25.0 Å². The average Bonchev–Trinajstić information content (AvgIpc) is 3.67. The Bertz CT molecular complexity index is 1630. The third-order valence-electron chi connectivity index (χ3n) is 8.54. The maximum absolute atomic E-state index is 13.9. The van der Waals surface area contributed by atoms with E-state index in [1.54, 1.807) is 27.3 Å². The van der Waals surface area contributed by atoms with E-state index < -0.39 is 15.6 Å². The zero-order valence-electron chi connectivity index (χ0n) is 24.9. The number of aryl methyl sites for hydroxylation is 1. The van der Waals surface area contributed by atoms with E-state index in [1.165, 1.54) is 40.8 Å². The second-order valence-corrected chi connectivity index (χ2v) is 15.2. The zero-order valence-corrected chi connectivity index (χ0v) is 26.5. The summed E-state index contributed by atoms with van der Waals surface area (Å²) < 4.78 is 33.6. The molecule has 1 aromatic heterocycles. The molecule has 6 rings (SSSR count). The van der Waals surface area contributed by atoms with Gasteiger partial charge in [-0.05, 0) is 82.9 Å². The van der Waals surface area contributed by atoms with Crippen LogP contribution >= 0.6 is 11.3 Å². The van der Waals surface area contributed by atoms with Crippen LogP contribution in [0.1, 0.15) is 51.2 Å². The van der Waals surface area contributed by atoms with Crippen LogP contribution in [-0.4, -0.2) is 68.1 Å². The van der Waals surface area contributed by atoms with Crippen LogP contribution in [0.2, 0.25) is 0 Å². The van der Waals surface area contributed by atoms with Gasteiger partial charge in [-0.1, -0.05) is 17.7 Å². The largest absolute Gasteiger partial charge is 0.444 e. The Morgan fingerprint density at radius 3 is 2.47 bits per heavy atom. The summed E-state index contributed by atoms with van der Waals surface area (Å²) in [6.45, 7) is 10.2. The fourth-order valence-electron chi connectivity index (χ4n) is 6.43. The molecule has 2 aromatic carbocycles. The number of likely N-dealkylation sites (tertiary alicyclic amines) is 1. The number of ether oxygens (including phenoxy) is 1. The van der Waals surface area contributed by atoms with Gasteiger partial charge in [0.25, 0.3) is 10.0 Å². The first-order valence-corrected chi connectivity index (χ1v) is 16.9. The molecule has 4 heterocycles. The van der Waals surface area contributed by atoms with E-state index in [2.05, 4.69) is 39.7 Å². The molecule has 0 radical (unpaired) electrons. The molecule has 43 heavy (non-hydrogen) atoms. The van der Waals surface area contributed by atoms with Crippen molar-refractivity contribution in [1.82, 2.24) is 9.88 Å². The van der Waals surface area contributed by atoms with Crippen molar-refractivity contribution in [2.24, 2.45) is 0 Å². The van der Waals surface area contributed by atoms with Crippen LogP contribution < -0.4 is 14.5 Å². The second-order valence-electron chi connectivity index (χ2n) is 12.6. The standard InChI is InChI=1S/C31H37N5O5S2/c1-21-5-10-25-24(19-21)31(12-16-34(17-13-31)29(38)41-30(2,3)4)20-36(25)26-11-15-35(27(26)37)22-6-8-23(9-7-22)43(39,40)33-28-32-14-18-42-28/h5-10,14,18-19,26H,11-13,15-17,20H2,1-4H3,(H,32,33)/t26-/m0/s1. The fourth-order valence-corrected chi connectivity index (χ4v) is 8.22. The van der Waals surface area contributed by atoms with Crippen molar-refractivity contribution in [2.75, 3.05) is 40.7 Å². The number of sulfonamides is 1. The third-order valence-corrected chi connectivity index (χ3v) is 10.7. The Labute approximate surface area is 256 Å². The first-order valence-electron chi connectivity index (χ1n) is 14.5. The molecule has 0 saturated carbocycles. The van der Waals surface area contributed by atoms with E-state index in [0.717, 1.165) is 25.1 Å². The number of amides is 2. The predicted molar refractivity (Wildman–Crippen MR) is 167 cm³/mol. The Hall–Kier alpha value is -3.64. The number of benzene rings is 2. The lowest BCUT2D eigenvalue weighted by Gasteiger charge is -2.40. The number of piperidine rings is 1. The number of hydrogen-bond donors (Lipinski definition) is 1. The topological polar surface area (TPSA) is 112 Å². The van der Waals surface area contributed by atoms with E-state index in [4.69, 9.17) is 4.74 Å². The van der Waals surface area contributed by atoms with Gasteiger partial charge in [0.1, 0.15) is 11.6 Å². The summed E-state index contributed by atoms with van der Waals surface area (Å²) in [6.07, 6.45) is 3.53. The number of anilines is 3. The van der Waals surface area contributed by atoms with Crippen LogP contribution in [0.4, 0.5) is 21.3 Å². The molecule has 2 amide bonds. The minimum Gasteiger partial charge on any atom is -0.444 e. The van der Waals surface area contributed by atoms with Gasteiger partial charge in [-0.25, -0.2) is 18.2 Å². The highest BCUT2D eigenvalue weighted by Crippen LogP contribution is 2.49. The van der Waals surface area contributed by atoms with Gasteiger partial charge < -0.3 is 19.4 Å². The summed E-state index contributed by atoms with van der Waals surface area (Å²) in [7, 11) is -3.78. The number of carbonyl (C=O) groups is 2. The molecule has 1 N–H and O–H groups in total. The molecule has 1 atom stereocenters. The van der Waals surface area contributed by atoms with Gasteiger partial charge in [0.15, 0.2) is 5.13 Å². The number of aromatic nitrogens is 1. The van der Waals surface area contributed by atoms with Crippen molar-refractivity contribution in [3.8, 4) is 0 Å². The monoisotopic (exact) mass is 623 g/mol. The third kappa shape index (κ3) is 5.70. The number of rotatable bonds is 5. The van der Waals surface area contributed by atoms with Gasteiger partial charge in [-0.15, -0.1) is 11.3 Å². The van der Waals surface area contributed by atoms with Crippen molar-refractivity contribution in [2.45, 2.75) is 68.9 Å². The molecule has 2 fully saturated rings. The number of carbonyl (C=O) groups excluding carboxylic acids is 2. The first-order chi connectivity index (χ1) is 20.4. The van der Waals surface area contributed by atoms with Gasteiger partial charge in [0.2, 0.25) is 5.91 Å². The highest BCUT2D eigenvalue weighted by atomic mass is 32.2. The maximum atomic E-state index is 13.9. The number of thiazole rings is 1. The molecule has 3 aliphatic rings. The molecular weight excluding hydrogens is 587 g/mol. The van der Waals surface area contributed by atoms with Crippen LogP contribution in [0.5, 0.6) is 0 Å². The normalized spacial score (nSPS) is 20.0. The highest BCUT2D eigenvalue weighted by Gasteiger charge is 2.50. The summed E-state index contributed by atoms with van der Waals surface area (Å²) in [5.74, 6) is 0.00582. The molecule has 1 spiro atoms. The molecule has 0 unspecified atom stereocenters. The second kappa shape index (κ2) is 10.8. The lowest BCUT2D eigenvalue weighted by atomic mass is 9.74. The quantitative estimate of drug-likeness (QED) is 0.419. The van der Waals surface area contributed by atoms with E-state index in [1.807, 2.05) is 20.8 Å². The SMILES string of the molecule is Cc1ccc2c(c1)C1(CCN(C(=O)OC(C)(C)C)CC1)CN2[C@H]1CCN(c2ccc(S(=O)(=O)Nc3nccs3)cc2)C1=O. The van der Waals surface area contributed by atoms with E-state index in [-0.39, 0.29) is 28.4 Å². The van der Waals surface area contributed by atoms with Crippen molar-refractivity contribution in [3.05, 3.63) is 65.2 Å². The molecule has 10 nitrogen and oxygen atoms in total. The van der Waals surface area contributed by atoms with Crippen LogP contribution in [0.15, 0.2) is 58.9 Å². The Morgan fingerprint density at radius 1 is 1.09 bits per heavy atom. The van der Waals surface area contributed by atoms with Gasteiger partial charge in [0, 0.05) is 54.5 Å². The summed E-state index contributed by atoms with van der Waals surface area (Å²) in [5, 5.41) is 2.00. The van der Waals surface area contributed by atoms with E-state index in [0.29, 0.717) is 36.9 Å². The molecule has 2 saturated heterocycles. The summed E-state index contributed by atoms with van der Waals surface area (Å²) in [4.78, 5) is 36.5. The molecule has 228 valence electrons. The minimum atomic E-state index is -3.78. The van der Waals surface area contributed by atoms with Crippen molar-refractivity contribution < 1.29 is 22.7 Å². The summed E-state index contributed by atoms with van der Waals surface area (Å²) >= 11 is 1.21. The van der Waals surface area contributed by atoms with Crippen molar-refractivity contribution in [1.29, 1.82) is 0 Å². The first kappa shape index (κ1) is 29.4. The summed E-state index contributed by atoms with van der Waals surface area (Å²) in [6, 6.07) is 12.6. The lowest BCUT2D eigenvalue weighted by molar-refractivity contribution is -0.118. The molecular formula is C31H37N5O5S2. The van der Waals surface area contributed by atoms with Crippen LogP contribution in [0.25, 0.3) is 0 Å². The molecule has 0 bridgehead atoms.